The second-order valence-electron chi connectivity index (χ2n) is 2.90. The van der Waals surface area contributed by atoms with Crippen molar-refractivity contribution in [2.45, 2.75) is 19.9 Å². The predicted octanol–water partition coefficient (Wildman–Crippen LogP) is 2.09. The lowest BCUT2D eigenvalue weighted by molar-refractivity contribution is 0.489. The van der Waals surface area contributed by atoms with Crippen molar-refractivity contribution in [1.82, 2.24) is 9.55 Å². The highest BCUT2D eigenvalue weighted by Crippen LogP contribution is 2.06. The summed E-state index contributed by atoms with van der Waals surface area (Å²) in [7, 11) is 0. The molecule has 13 heavy (non-hydrogen) atoms. The standard InChI is InChI=1S/C10H12N2O/c1-2-10-11-5-6-12(10)8-9-4-3-7-13-9/h3-7H,2,8H2,1H3. The number of aryl methyl sites for hydroxylation is 1. The monoisotopic (exact) mass is 176 g/mol. The van der Waals surface area contributed by atoms with Crippen LogP contribution in [0.4, 0.5) is 0 Å². The number of aromatic nitrogens is 2. The maximum absolute atomic E-state index is 5.26. The van der Waals surface area contributed by atoms with Gasteiger partial charge in [-0.2, -0.15) is 0 Å². The smallest absolute Gasteiger partial charge is 0.123 e. The summed E-state index contributed by atoms with van der Waals surface area (Å²) in [5.41, 5.74) is 0. The third-order valence-corrected chi connectivity index (χ3v) is 2.02. The first-order valence-electron chi connectivity index (χ1n) is 4.42. The fourth-order valence-electron chi connectivity index (χ4n) is 1.37. The van der Waals surface area contributed by atoms with E-state index in [1.54, 1.807) is 6.26 Å². The van der Waals surface area contributed by atoms with Gasteiger partial charge in [-0.1, -0.05) is 6.92 Å². The minimum absolute atomic E-state index is 0.774. The molecule has 0 saturated carbocycles. The zero-order valence-corrected chi connectivity index (χ0v) is 7.60. The highest BCUT2D eigenvalue weighted by Gasteiger charge is 2.01. The number of rotatable bonds is 3. The van der Waals surface area contributed by atoms with E-state index in [2.05, 4.69) is 16.5 Å². The highest BCUT2D eigenvalue weighted by atomic mass is 16.3. The molecule has 0 saturated heterocycles. The van der Waals surface area contributed by atoms with Gasteiger partial charge in [0.15, 0.2) is 0 Å². The summed E-state index contributed by atoms with van der Waals surface area (Å²) in [6.45, 7) is 2.87. The molecule has 0 aromatic carbocycles. The van der Waals surface area contributed by atoms with E-state index in [4.69, 9.17) is 4.42 Å². The van der Waals surface area contributed by atoms with Crippen LogP contribution in [0.1, 0.15) is 18.5 Å². The molecular weight excluding hydrogens is 164 g/mol. The summed E-state index contributed by atoms with van der Waals surface area (Å²) in [6.07, 6.45) is 6.44. The van der Waals surface area contributed by atoms with E-state index in [9.17, 15) is 0 Å². The molecule has 0 bridgehead atoms. The van der Waals surface area contributed by atoms with E-state index in [1.807, 2.05) is 24.5 Å². The van der Waals surface area contributed by atoms with Crippen molar-refractivity contribution in [2.75, 3.05) is 0 Å². The van der Waals surface area contributed by atoms with Crippen molar-refractivity contribution >= 4 is 0 Å². The lowest BCUT2D eigenvalue weighted by Gasteiger charge is -2.02. The number of hydrogen-bond donors (Lipinski definition) is 0. The topological polar surface area (TPSA) is 31.0 Å². The van der Waals surface area contributed by atoms with Crippen molar-refractivity contribution < 1.29 is 4.42 Å². The van der Waals surface area contributed by atoms with E-state index in [0.29, 0.717) is 0 Å². The largest absolute Gasteiger partial charge is 0.467 e. The van der Waals surface area contributed by atoms with Crippen LogP contribution in [-0.4, -0.2) is 9.55 Å². The fraction of sp³-hybridized carbons (Fsp3) is 0.300. The molecule has 0 aliphatic rings. The van der Waals surface area contributed by atoms with Crippen LogP contribution in [0.2, 0.25) is 0 Å². The summed E-state index contributed by atoms with van der Waals surface area (Å²) in [5.74, 6) is 2.06. The van der Waals surface area contributed by atoms with Crippen LogP contribution >= 0.6 is 0 Å². The molecule has 0 radical (unpaired) electrons. The molecule has 3 heteroatoms. The van der Waals surface area contributed by atoms with Crippen LogP contribution in [0, 0.1) is 0 Å². The van der Waals surface area contributed by atoms with E-state index in [0.717, 1.165) is 24.6 Å². The second kappa shape index (κ2) is 3.47. The number of hydrogen-bond acceptors (Lipinski definition) is 2. The number of imidazole rings is 1. The highest BCUT2D eigenvalue weighted by molar-refractivity contribution is 5.02. The van der Waals surface area contributed by atoms with Crippen LogP contribution in [0.15, 0.2) is 35.2 Å². The normalized spacial score (nSPS) is 10.5. The Kier molecular flexibility index (Phi) is 2.17. The molecule has 0 fully saturated rings. The summed E-state index contributed by atoms with van der Waals surface area (Å²) in [4.78, 5) is 4.24. The summed E-state index contributed by atoms with van der Waals surface area (Å²) < 4.78 is 7.35. The van der Waals surface area contributed by atoms with Gasteiger partial charge in [-0.25, -0.2) is 4.98 Å². The van der Waals surface area contributed by atoms with Crippen molar-refractivity contribution in [3.63, 3.8) is 0 Å². The van der Waals surface area contributed by atoms with E-state index in [-0.39, 0.29) is 0 Å². The van der Waals surface area contributed by atoms with Crippen molar-refractivity contribution in [2.24, 2.45) is 0 Å². The van der Waals surface area contributed by atoms with Gasteiger partial charge in [-0.05, 0) is 12.1 Å². The third kappa shape index (κ3) is 1.64. The van der Waals surface area contributed by atoms with Gasteiger partial charge >= 0.3 is 0 Å². The van der Waals surface area contributed by atoms with Crippen LogP contribution in [0.5, 0.6) is 0 Å². The summed E-state index contributed by atoms with van der Waals surface area (Å²) >= 11 is 0. The Labute approximate surface area is 77.0 Å². The van der Waals surface area contributed by atoms with Crippen molar-refractivity contribution in [3.05, 3.63) is 42.4 Å². The van der Waals surface area contributed by atoms with Gasteiger partial charge in [0.1, 0.15) is 11.6 Å². The quantitative estimate of drug-likeness (QED) is 0.717. The molecular formula is C10H12N2O. The SMILES string of the molecule is CCc1nccn1Cc1ccco1. The average molecular weight is 176 g/mol. The van der Waals surface area contributed by atoms with E-state index >= 15 is 0 Å². The molecule has 0 spiro atoms. The maximum atomic E-state index is 5.26. The first kappa shape index (κ1) is 8.10. The Morgan fingerprint density at radius 1 is 1.54 bits per heavy atom. The van der Waals surface area contributed by atoms with Crippen LogP contribution in [0.25, 0.3) is 0 Å². The Hall–Kier alpha value is -1.51. The molecule has 0 N–H and O–H groups in total. The Morgan fingerprint density at radius 3 is 3.15 bits per heavy atom. The molecule has 0 amide bonds. The molecule has 2 aromatic rings. The molecule has 68 valence electrons. The molecule has 0 unspecified atom stereocenters. The summed E-state index contributed by atoms with van der Waals surface area (Å²) in [6, 6.07) is 3.87. The van der Waals surface area contributed by atoms with Gasteiger partial charge in [0, 0.05) is 18.8 Å². The fourth-order valence-corrected chi connectivity index (χ4v) is 1.37. The third-order valence-electron chi connectivity index (χ3n) is 2.02. The lowest BCUT2D eigenvalue weighted by atomic mass is 10.4. The Bertz CT molecular complexity index is 362. The molecule has 0 aliphatic carbocycles. The van der Waals surface area contributed by atoms with Gasteiger partial charge in [0.05, 0.1) is 12.8 Å². The van der Waals surface area contributed by atoms with Crippen molar-refractivity contribution in [3.8, 4) is 0 Å². The number of furan rings is 1. The van der Waals surface area contributed by atoms with Gasteiger partial charge in [0.2, 0.25) is 0 Å². The van der Waals surface area contributed by atoms with Gasteiger partial charge in [-0.3, -0.25) is 0 Å². The molecule has 2 aromatic heterocycles. The summed E-state index contributed by atoms with van der Waals surface area (Å²) in [5, 5.41) is 0. The van der Waals surface area contributed by atoms with Crippen LogP contribution in [-0.2, 0) is 13.0 Å². The second-order valence-corrected chi connectivity index (χ2v) is 2.90. The lowest BCUT2D eigenvalue weighted by Crippen LogP contribution is -2.02. The predicted molar refractivity (Wildman–Crippen MR) is 49.4 cm³/mol. The van der Waals surface area contributed by atoms with Gasteiger partial charge < -0.3 is 8.98 Å². The molecule has 0 atom stereocenters. The number of nitrogens with zero attached hydrogens (tertiary/aromatic N) is 2. The average Bonchev–Trinajstić information content (AvgIpc) is 2.76. The Morgan fingerprint density at radius 2 is 2.46 bits per heavy atom. The van der Waals surface area contributed by atoms with Crippen LogP contribution < -0.4 is 0 Å². The van der Waals surface area contributed by atoms with Gasteiger partial charge in [0.25, 0.3) is 0 Å². The molecule has 2 heterocycles. The first-order chi connectivity index (χ1) is 6.40. The first-order valence-corrected chi connectivity index (χ1v) is 4.42. The minimum Gasteiger partial charge on any atom is -0.467 e. The maximum Gasteiger partial charge on any atom is 0.123 e. The Balaban J connectivity index is 2.18. The minimum atomic E-state index is 0.774. The van der Waals surface area contributed by atoms with E-state index < -0.39 is 0 Å². The molecule has 0 aliphatic heterocycles. The molecule has 2 rings (SSSR count). The van der Waals surface area contributed by atoms with Crippen LogP contribution in [0.3, 0.4) is 0 Å². The zero-order valence-electron chi connectivity index (χ0n) is 7.60. The zero-order chi connectivity index (χ0) is 9.10. The molecule has 3 nitrogen and oxygen atoms in total. The van der Waals surface area contributed by atoms with Gasteiger partial charge in [-0.15, -0.1) is 0 Å². The van der Waals surface area contributed by atoms with Crippen molar-refractivity contribution in [1.29, 1.82) is 0 Å². The van der Waals surface area contributed by atoms with E-state index in [1.165, 1.54) is 0 Å².